The van der Waals surface area contributed by atoms with Crippen molar-refractivity contribution in [2.75, 3.05) is 12.4 Å². The molecule has 0 bridgehead atoms. The lowest BCUT2D eigenvalue weighted by molar-refractivity contribution is -0.0710. The van der Waals surface area contributed by atoms with E-state index in [1.807, 2.05) is 0 Å². The van der Waals surface area contributed by atoms with Gasteiger partial charge < -0.3 is 4.74 Å². The van der Waals surface area contributed by atoms with Crippen LogP contribution in [0.5, 0.6) is 0 Å². The molecule has 4 nitrogen and oxygen atoms in total. The van der Waals surface area contributed by atoms with Gasteiger partial charge in [0.1, 0.15) is 0 Å². The third kappa shape index (κ3) is 3.68. The Kier molecular flexibility index (Phi) is 5.54. The van der Waals surface area contributed by atoms with Crippen LogP contribution in [0.25, 0.3) is 11.3 Å². The Hall–Kier alpha value is -1.59. The molecule has 0 N–H and O–H groups in total. The highest BCUT2D eigenvalue weighted by atomic mass is 32.2. The lowest BCUT2D eigenvalue weighted by Gasteiger charge is -2.40. The number of fused-ring (bicyclic) bond motifs is 4. The van der Waals surface area contributed by atoms with E-state index in [0.717, 1.165) is 60.7 Å². The number of rotatable bonds is 4. The summed E-state index contributed by atoms with van der Waals surface area (Å²) in [6.45, 7) is 7.18. The quantitative estimate of drug-likeness (QED) is 0.440. The lowest BCUT2D eigenvalue weighted by atomic mass is 9.68. The summed E-state index contributed by atoms with van der Waals surface area (Å²) in [5, 5.41) is 0.901. The summed E-state index contributed by atoms with van der Waals surface area (Å²) in [5.74, 6) is 0.977. The van der Waals surface area contributed by atoms with Crippen molar-refractivity contribution < 1.29 is 4.74 Å². The Labute approximate surface area is 189 Å². The van der Waals surface area contributed by atoms with E-state index in [-0.39, 0.29) is 22.6 Å². The minimum atomic E-state index is -0.206. The van der Waals surface area contributed by atoms with E-state index in [9.17, 15) is 4.79 Å². The van der Waals surface area contributed by atoms with Gasteiger partial charge in [0.2, 0.25) is 0 Å². The van der Waals surface area contributed by atoms with Crippen molar-refractivity contribution in [3.05, 3.63) is 45.7 Å². The first-order valence-corrected chi connectivity index (χ1v) is 12.9. The van der Waals surface area contributed by atoms with Gasteiger partial charge in [-0.05, 0) is 57.9 Å². The normalized spacial score (nSPS) is 23.5. The number of nitrogens with zero attached hydrogens (tertiary/aromatic N) is 2. The second-order valence-corrected chi connectivity index (χ2v) is 11.3. The van der Waals surface area contributed by atoms with Crippen LogP contribution < -0.4 is 5.56 Å². The molecule has 5 rings (SSSR count). The first-order valence-electron chi connectivity index (χ1n) is 12.0. The number of hydrogen-bond acceptors (Lipinski definition) is 4. The van der Waals surface area contributed by atoms with E-state index in [1.165, 1.54) is 24.0 Å². The molecule has 0 amide bonds. The number of thioether (sulfide) groups is 1. The van der Waals surface area contributed by atoms with Crippen LogP contribution in [0, 0.1) is 0 Å². The van der Waals surface area contributed by atoms with E-state index in [4.69, 9.17) is 9.72 Å². The summed E-state index contributed by atoms with van der Waals surface area (Å²) in [7, 11) is 0. The molecule has 2 heterocycles. The maximum absolute atomic E-state index is 14.3. The van der Waals surface area contributed by atoms with E-state index < -0.39 is 0 Å². The molecule has 1 saturated carbocycles. The molecule has 31 heavy (non-hydrogen) atoms. The van der Waals surface area contributed by atoms with Crippen molar-refractivity contribution in [3.63, 3.8) is 0 Å². The molecule has 2 fully saturated rings. The van der Waals surface area contributed by atoms with Gasteiger partial charge in [-0.2, -0.15) is 0 Å². The number of ether oxygens (including phenoxy) is 1. The van der Waals surface area contributed by atoms with E-state index in [1.54, 1.807) is 11.8 Å². The largest absolute Gasteiger partial charge is 0.375 e. The molecular formula is C26H34N2O2S. The summed E-state index contributed by atoms with van der Waals surface area (Å²) in [4.78, 5) is 19.6. The first-order chi connectivity index (χ1) is 14.9. The predicted octanol–water partition coefficient (Wildman–Crippen LogP) is 5.91. The number of hydrogen-bond donors (Lipinski definition) is 0. The highest BCUT2D eigenvalue weighted by Crippen LogP contribution is 2.50. The molecule has 3 aliphatic rings. The summed E-state index contributed by atoms with van der Waals surface area (Å²) in [6.07, 6.45) is 8.41. The molecule has 1 spiro atoms. The lowest BCUT2D eigenvalue weighted by Crippen LogP contribution is -2.44. The molecule has 0 radical (unpaired) electrons. The molecule has 5 heteroatoms. The predicted molar refractivity (Wildman–Crippen MR) is 127 cm³/mol. The molecule has 166 valence electrons. The maximum Gasteiger partial charge on any atom is 0.258 e. The average Bonchev–Trinajstić information content (AvgIpc) is 3.19. The van der Waals surface area contributed by atoms with Crippen LogP contribution in [0.3, 0.4) is 0 Å². The van der Waals surface area contributed by atoms with E-state index in [2.05, 4.69) is 49.6 Å². The number of aromatic nitrogens is 2. The molecule has 1 saturated heterocycles. The van der Waals surface area contributed by atoms with Crippen LogP contribution >= 0.6 is 11.8 Å². The Bertz CT molecular complexity index is 1040. The van der Waals surface area contributed by atoms with Gasteiger partial charge in [-0.1, -0.05) is 55.8 Å². The number of benzene rings is 1. The second kappa shape index (κ2) is 8.08. The van der Waals surface area contributed by atoms with Crippen LogP contribution in [0.4, 0.5) is 0 Å². The minimum absolute atomic E-state index is 0.0375. The van der Waals surface area contributed by atoms with Gasteiger partial charge in [0, 0.05) is 29.4 Å². The maximum atomic E-state index is 14.3. The molecule has 1 aromatic heterocycles. The van der Waals surface area contributed by atoms with Crippen molar-refractivity contribution in [2.45, 2.75) is 94.4 Å². The Morgan fingerprint density at radius 2 is 2.00 bits per heavy atom. The van der Waals surface area contributed by atoms with Crippen LogP contribution in [0.15, 0.2) is 34.2 Å². The van der Waals surface area contributed by atoms with Gasteiger partial charge in [0.25, 0.3) is 5.56 Å². The van der Waals surface area contributed by atoms with E-state index in [0.29, 0.717) is 6.61 Å². The molecule has 1 atom stereocenters. The Morgan fingerprint density at radius 1 is 1.23 bits per heavy atom. The minimum Gasteiger partial charge on any atom is -0.375 e. The fourth-order valence-corrected chi connectivity index (χ4v) is 6.97. The summed E-state index contributed by atoms with van der Waals surface area (Å²) >= 11 is 1.74. The first kappa shape index (κ1) is 21.3. The zero-order valence-corrected chi connectivity index (χ0v) is 19.9. The van der Waals surface area contributed by atoms with Crippen molar-refractivity contribution in [3.8, 4) is 11.3 Å². The fraction of sp³-hybridized carbons (Fsp3) is 0.615. The van der Waals surface area contributed by atoms with Gasteiger partial charge >= 0.3 is 0 Å². The zero-order chi connectivity index (χ0) is 21.6. The summed E-state index contributed by atoms with van der Waals surface area (Å²) in [5.41, 5.74) is 4.49. The van der Waals surface area contributed by atoms with Gasteiger partial charge in [0.15, 0.2) is 5.16 Å². The standard InChI is InChI=1S/C26H34N2O2S/c1-4-15-31-24-27-22-20-10-6-5-9-18(20)16-26(12-7-8-13-26)21(22)23(29)28(24)19-11-14-30-25(2,3)17-19/h5-6,9-10,19H,4,7-8,11-17H2,1-3H3/t19-/m1/s1. The molecule has 1 aromatic carbocycles. The van der Waals surface area contributed by atoms with Crippen LogP contribution in [-0.4, -0.2) is 27.5 Å². The Morgan fingerprint density at radius 3 is 2.74 bits per heavy atom. The van der Waals surface area contributed by atoms with Crippen molar-refractivity contribution in [1.82, 2.24) is 9.55 Å². The smallest absolute Gasteiger partial charge is 0.258 e. The average molecular weight is 439 g/mol. The van der Waals surface area contributed by atoms with Gasteiger partial charge in [-0.25, -0.2) is 4.98 Å². The third-order valence-corrected chi connectivity index (χ3v) is 8.61. The second-order valence-electron chi connectivity index (χ2n) is 10.2. The molecular weight excluding hydrogens is 404 g/mol. The van der Waals surface area contributed by atoms with E-state index >= 15 is 0 Å². The Balaban J connectivity index is 1.74. The van der Waals surface area contributed by atoms with Gasteiger partial charge in [-0.3, -0.25) is 9.36 Å². The van der Waals surface area contributed by atoms with Crippen molar-refractivity contribution >= 4 is 11.8 Å². The van der Waals surface area contributed by atoms with Crippen molar-refractivity contribution in [2.24, 2.45) is 0 Å². The van der Waals surface area contributed by atoms with Crippen LogP contribution in [0.2, 0.25) is 0 Å². The fourth-order valence-electron chi connectivity index (χ4n) is 6.06. The van der Waals surface area contributed by atoms with Gasteiger partial charge in [0.05, 0.1) is 16.9 Å². The summed E-state index contributed by atoms with van der Waals surface area (Å²) < 4.78 is 8.07. The highest BCUT2D eigenvalue weighted by Gasteiger charge is 2.45. The molecule has 0 unspecified atom stereocenters. The zero-order valence-electron chi connectivity index (χ0n) is 19.1. The van der Waals surface area contributed by atoms with Crippen LogP contribution in [-0.2, 0) is 16.6 Å². The summed E-state index contributed by atoms with van der Waals surface area (Å²) in [6, 6.07) is 8.78. The third-order valence-electron chi connectivity index (χ3n) is 7.45. The SMILES string of the molecule is CCCSc1nc2c(c(=O)n1[C@@H]1CCOC(C)(C)C1)C1(CCCC1)Cc1ccccc1-2. The van der Waals surface area contributed by atoms with Gasteiger partial charge in [-0.15, -0.1) is 0 Å². The molecule has 1 aliphatic heterocycles. The topological polar surface area (TPSA) is 44.1 Å². The molecule has 2 aromatic rings. The highest BCUT2D eigenvalue weighted by molar-refractivity contribution is 7.99. The monoisotopic (exact) mass is 438 g/mol. The van der Waals surface area contributed by atoms with Crippen molar-refractivity contribution in [1.29, 1.82) is 0 Å². The molecule has 2 aliphatic carbocycles. The van der Waals surface area contributed by atoms with Crippen LogP contribution in [0.1, 0.15) is 82.9 Å².